The van der Waals surface area contributed by atoms with E-state index in [4.69, 9.17) is 9.47 Å². The number of benzene rings is 2. The molecule has 136 valence electrons. The van der Waals surface area contributed by atoms with E-state index >= 15 is 0 Å². The standard InChI is InChI=1S/C20H21NO5/c1-13-4-9-19(25-3)16(10-13)11-20(24)26-12-18(23)15-5-7-17(8-6-15)21-14(2)22/h4-10H,11-12H2,1-3H3,(H,21,22). The lowest BCUT2D eigenvalue weighted by Gasteiger charge is -2.09. The van der Waals surface area contributed by atoms with Crippen molar-refractivity contribution >= 4 is 23.3 Å². The van der Waals surface area contributed by atoms with Crippen LogP contribution >= 0.6 is 0 Å². The highest BCUT2D eigenvalue weighted by Crippen LogP contribution is 2.20. The first-order valence-electron chi connectivity index (χ1n) is 8.09. The summed E-state index contributed by atoms with van der Waals surface area (Å²) in [6.45, 7) is 2.98. The van der Waals surface area contributed by atoms with Crippen LogP contribution in [0.1, 0.15) is 28.4 Å². The number of amides is 1. The lowest BCUT2D eigenvalue weighted by Crippen LogP contribution is -2.16. The van der Waals surface area contributed by atoms with Crippen LogP contribution in [0, 0.1) is 6.92 Å². The number of ketones is 1. The smallest absolute Gasteiger partial charge is 0.310 e. The Balaban J connectivity index is 1.91. The van der Waals surface area contributed by atoms with E-state index in [1.165, 1.54) is 14.0 Å². The fourth-order valence-corrected chi connectivity index (χ4v) is 2.42. The minimum Gasteiger partial charge on any atom is -0.496 e. The molecule has 2 rings (SSSR count). The van der Waals surface area contributed by atoms with Crippen LogP contribution in [0.2, 0.25) is 0 Å². The second-order valence-corrected chi connectivity index (χ2v) is 5.83. The molecule has 1 amide bonds. The van der Waals surface area contributed by atoms with Gasteiger partial charge in [-0.2, -0.15) is 0 Å². The van der Waals surface area contributed by atoms with E-state index in [0.29, 0.717) is 22.6 Å². The number of rotatable bonds is 7. The van der Waals surface area contributed by atoms with Gasteiger partial charge in [-0.1, -0.05) is 17.7 Å². The molecule has 0 spiro atoms. The molecule has 2 aromatic carbocycles. The number of hydrogen-bond donors (Lipinski definition) is 1. The Kier molecular flexibility index (Phi) is 6.49. The second kappa shape index (κ2) is 8.80. The van der Waals surface area contributed by atoms with Gasteiger partial charge in [-0.3, -0.25) is 14.4 Å². The molecule has 0 saturated heterocycles. The largest absolute Gasteiger partial charge is 0.496 e. The number of carbonyl (C=O) groups is 3. The predicted molar refractivity (Wildman–Crippen MR) is 97.5 cm³/mol. The number of esters is 1. The SMILES string of the molecule is COc1ccc(C)cc1CC(=O)OCC(=O)c1ccc(NC(C)=O)cc1. The van der Waals surface area contributed by atoms with Gasteiger partial charge in [0.1, 0.15) is 5.75 Å². The van der Waals surface area contributed by atoms with Crippen molar-refractivity contribution in [1.29, 1.82) is 0 Å². The Bertz CT molecular complexity index is 811. The van der Waals surface area contributed by atoms with E-state index < -0.39 is 5.97 Å². The van der Waals surface area contributed by atoms with E-state index in [2.05, 4.69) is 5.32 Å². The third kappa shape index (κ3) is 5.44. The molecule has 26 heavy (non-hydrogen) atoms. The average molecular weight is 355 g/mol. The van der Waals surface area contributed by atoms with Crippen molar-refractivity contribution < 1.29 is 23.9 Å². The fourth-order valence-electron chi connectivity index (χ4n) is 2.42. The average Bonchev–Trinajstić information content (AvgIpc) is 2.60. The molecular formula is C20H21NO5. The van der Waals surface area contributed by atoms with Crippen LogP contribution in [0.25, 0.3) is 0 Å². The molecule has 2 aromatic rings. The summed E-state index contributed by atoms with van der Waals surface area (Å²) in [5.74, 6) is -0.405. The highest BCUT2D eigenvalue weighted by atomic mass is 16.5. The lowest BCUT2D eigenvalue weighted by molar-refractivity contribution is -0.141. The van der Waals surface area contributed by atoms with E-state index in [0.717, 1.165) is 5.56 Å². The van der Waals surface area contributed by atoms with Crippen molar-refractivity contribution in [3.63, 3.8) is 0 Å². The molecule has 0 atom stereocenters. The molecule has 0 aliphatic rings. The van der Waals surface area contributed by atoms with Gasteiger partial charge in [0.05, 0.1) is 13.5 Å². The molecule has 0 aromatic heterocycles. The van der Waals surface area contributed by atoms with E-state index in [1.54, 1.807) is 30.3 Å². The zero-order chi connectivity index (χ0) is 19.1. The molecule has 6 heteroatoms. The Morgan fingerprint density at radius 1 is 1.04 bits per heavy atom. The summed E-state index contributed by atoms with van der Waals surface area (Å²) in [5, 5.41) is 2.62. The highest BCUT2D eigenvalue weighted by Gasteiger charge is 2.13. The van der Waals surface area contributed by atoms with Crippen LogP contribution in [0.4, 0.5) is 5.69 Å². The topological polar surface area (TPSA) is 81.7 Å². The van der Waals surface area contributed by atoms with Crippen LogP contribution in [0.5, 0.6) is 5.75 Å². The van der Waals surface area contributed by atoms with E-state index in [9.17, 15) is 14.4 Å². The predicted octanol–water partition coefficient (Wildman–Crippen LogP) is 2.93. The van der Waals surface area contributed by atoms with Crippen molar-refractivity contribution in [3.8, 4) is 5.75 Å². The third-order valence-corrected chi connectivity index (χ3v) is 3.66. The molecule has 0 radical (unpaired) electrons. The summed E-state index contributed by atoms with van der Waals surface area (Å²) >= 11 is 0. The molecule has 0 saturated carbocycles. The molecule has 0 fully saturated rings. The Hall–Kier alpha value is -3.15. The summed E-state index contributed by atoms with van der Waals surface area (Å²) in [6, 6.07) is 11.9. The minimum atomic E-state index is -0.503. The van der Waals surface area contributed by atoms with Crippen LogP contribution < -0.4 is 10.1 Å². The number of carbonyl (C=O) groups excluding carboxylic acids is 3. The maximum absolute atomic E-state index is 12.1. The number of methoxy groups -OCH3 is 1. The van der Waals surface area contributed by atoms with Crippen molar-refractivity contribution in [3.05, 3.63) is 59.2 Å². The first kappa shape index (κ1) is 19.2. The summed E-state index contributed by atoms with van der Waals surface area (Å²) in [6.07, 6.45) is 0.0274. The van der Waals surface area contributed by atoms with Crippen molar-refractivity contribution in [2.24, 2.45) is 0 Å². The number of anilines is 1. The number of hydrogen-bond acceptors (Lipinski definition) is 5. The molecule has 0 unspecified atom stereocenters. The van der Waals surface area contributed by atoms with E-state index in [1.807, 2.05) is 19.1 Å². The molecule has 6 nitrogen and oxygen atoms in total. The maximum Gasteiger partial charge on any atom is 0.310 e. The molecule has 0 heterocycles. The number of aryl methyl sites for hydroxylation is 1. The number of Topliss-reactive ketones (excluding diaryl/α,β-unsaturated/α-hetero) is 1. The molecule has 0 aliphatic heterocycles. The quantitative estimate of drug-likeness (QED) is 0.610. The van der Waals surface area contributed by atoms with Gasteiger partial charge in [0.2, 0.25) is 5.91 Å². The van der Waals surface area contributed by atoms with Crippen molar-refractivity contribution in [2.45, 2.75) is 20.3 Å². The van der Waals surface area contributed by atoms with Crippen molar-refractivity contribution in [2.75, 3.05) is 19.0 Å². The highest BCUT2D eigenvalue weighted by molar-refractivity contribution is 5.98. The summed E-state index contributed by atoms with van der Waals surface area (Å²) in [4.78, 5) is 35.1. The van der Waals surface area contributed by atoms with Crippen LogP contribution in [0.15, 0.2) is 42.5 Å². The van der Waals surface area contributed by atoms with E-state index in [-0.39, 0.29) is 24.7 Å². The Morgan fingerprint density at radius 3 is 2.35 bits per heavy atom. The van der Waals surface area contributed by atoms with Gasteiger partial charge in [0.15, 0.2) is 12.4 Å². The summed E-state index contributed by atoms with van der Waals surface area (Å²) in [5.41, 5.74) is 2.71. The third-order valence-electron chi connectivity index (χ3n) is 3.66. The van der Waals surface area contributed by atoms with Gasteiger partial charge in [-0.25, -0.2) is 0 Å². The fraction of sp³-hybridized carbons (Fsp3) is 0.250. The van der Waals surface area contributed by atoms with Gasteiger partial charge in [0, 0.05) is 23.7 Å². The molecule has 0 bridgehead atoms. The minimum absolute atomic E-state index is 0.0274. The second-order valence-electron chi connectivity index (χ2n) is 5.83. The van der Waals surface area contributed by atoms with Gasteiger partial charge in [0.25, 0.3) is 0 Å². The van der Waals surface area contributed by atoms with Crippen LogP contribution in [-0.2, 0) is 20.7 Å². The molecule has 0 aliphatic carbocycles. The monoisotopic (exact) mass is 355 g/mol. The lowest BCUT2D eigenvalue weighted by atomic mass is 10.1. The summed E-state index contributed by atoms with van der Waals surface area (Å²) in [7, 11) is 1.54. The van der Waals surface area contributed by atoms with Crippen molar-refractivity contribution in [1.82, 2.24) is 0 Å². The zero-order valence-corrected chi connectivity index (χ0v) is 15.0. The zero-order valence-electron chi connectivity index (χ0n) is 15.0. The van der Waals surface area contributed by atoms with Gasteiger partial charge in [-0.05, 0) is 37.3 Å². The number of nitrogens with one attached hydrogen (secondary N) is 1. The first-order valence-corrected chi connectivity index (χ1v) is 8.09. The van der Waals surface area contributed by atoms with Gasteiger partial charge >= 0.3 is 5.97 Å². The Morgan fingerprint density at radius 2 is 1.73 bits per heavy atom. The van der Waals surface area contributed by atoms with Gasteiger partial charge < -0.3 is 14.8 Å². The normalized spacial score (nSPS) is 10.1. The summed E-state index contributed by atoms with van der Waals surface area (Å²) < 4.78 is 10.3. The number of ether oxygens (including phenoxy) is 2. The van der Waals surface area contributed by atoms with Gasteiger partial charge in [-0.15, -0.1) is 0 Å². The Labute approximate surface area is 152 Å². The first-order chi connectivity index (χ1) is 12.4. The van der Waals surface area contributed by atoms with Crippen LogP contribution in [-0.4, -0.2) is 31.4 Å². The maximum atomic E-state index is 12.1. The molecular weight excluding hydrogens is 334 g/mol. The van der Waals surface area contributed by atoms with Crippen LogP contribution in [0.3, 0.4) is 0 Å². The molecule has 1 N–H and O–H groups in total.